The van der Waals surface area contributed by atoms with E-state index in [1.165, 1.54) is 36.0 Å². The molecule has 9 heteroatoms. The summed E-state index contributed by atoms with van der Waals surface area (Å²) in [6.07, 6.45) is 1.38. The van der Waals surface area contributed by atoms with Crippen LogP contribution in [0.5, 0.6) is 11.5 Å². The maximum Gasteiger partial charge on any atom is 0.329 e. The maximum absolute atomic E-state index is 12.9. The van der Waals surface area contributed by atoms with Gasteiger partial charge in [-0.2, -0.15) is 5.10 Å². The van der Waals surface area contributed by atoms with Crippen molar-refractivity contribution < 1.29 is 23.5 Å². The summed E-state index contributed by atoms with van der Waals surface area (Å²) in [5, 5.41) is 6.18. The molecule has 3 rings (SSSR count). The van der Waals surface area contributed by atoms with Crippen molar-refractivity contribution in [1.29, 1.82) is 0 Å². The number of carbonyl (C=O) groups is 2. The molecule has 0 aliphatic carbocycles. The minimum absolute atomic E-state index is 0.289. The number of nitrogens with zero attached hydrogens (tertiary/aromatic N) is 1. The molecule has 34 heavy (non-hydrogen) atoms. The van der Waals surface area contributed by atoms with Crippen molar-refractivity contribution in [3.8, 4) is 11.5 Å². The SMILES string of the molecule is CCOc1cc(/C=N/NC(=O)C(=O)Nc2ccc(F)cc2)cc(Br)c1OCc1ccc(C)cc1. The van der Waals surface area contributed by atoms with Crippen molar-refractivity contribution in [3.63, 3.8) is 0 Å². The Labute approximate surface area is 205 Å². The molecular formula is C25H23BrFN3O4. The molecule has 176 valence electrons. The van der Waals surface area contributed by atoms with Gasteiger partial charge in [0.1, 0.15) is 12.4 Å². The Hall–Kier alpha value is -3.72. The first-order valence-electron chi connectivity index (χ1n) is 10.4. The average Bonchev–Trinajstić information content (AvgIpc) is 2.81. The summed E-state index contributed by atoms with van der Waals surface area (Å²) >= 11 is 3.49. The van der Waals surface area contributed by atoms with Gasteiger partial charge in [0.15, 0.2) is 11.5 Å². The number of nitrogens with one attached hydrogen (secondary N) is 2. The van der Waals surface area contributed by atoms with Gasteiger partial charge in [0.05, 0.1) is 17.3 Å². The van der Waals surface area contributed by atoms with Gasteiger partial charge < -0.3 is 14.8 Å². The van der Waals surface area contributed by atoms with Crippen molar-refractivity contribution in [1.82, 2.24) is 5.43 Å². The Bertz CT molecular complexity index is 1180. The zero-order valence-electron chi connectivity index (χ0n) is 18.6. The highest BCUT2D eigenvalue weighted by Gasteiger charge is 2.14. The predicted molar refractivity (Wildman–Crippen MR) is 132 cm³/mol. The molecule has 0 aromatic heterocycles. The summed E-state index contributed by atoms with van der Waals surface area (Å²) in [5.41, 5.74) is 5.24. The molecule has 0 fully saturated rings. The third-order valence-electron chi connectivity index (χ3n) is 4.52. The van der Waals surface area contributed by atoms with E-state index in [4.69, 9.17) is 9.47 Å². The highest BCUT2D eigenvalue weighted by molar-refractivity contribution is 9.10. The molecule has 0 spiro atoms. The fraction of sp³-hybridized carbons (Fsp3) is 0.160. The second kappa shape index (κ2) is 11.9. The van der Waals surface area contributed by atoms with E-state index < -0.39 is 17.6 Å². The number of carbonyl (C=O) groups excluding carboxylic acids is 2. The van der Waals surface area contributed by atoms with Crippen LogP contribution in [0, 0.1) is 12.7 Å². The number of aryl methyl sites for hydroxylation is 1. The summed E-state index contributed by atoms with van der Waals surface area (Å²) in [5.74, 6) is -1.30. The average molecular weight is 528 g/mol. The summed E-state index contributed by atoms with van der Waals surface area (Å²) in [6.45, 7) is 4.67. The van der Waals surface area contributed by atoms with Gasteiger partial charge in [0, 0.05) is 5.69 Å². The number of benzene rings is 3. The van der Waals surface area contributed by atoms with Crippen LogP contribution < -0.4 is 20.2 Å². The number of anilines is 1. The van der Waals surface area contributed by atoms with Gasteiger partial charge in [-0.25, -0.2) is 9.82 Å². The zero-order chi connectivity index (χ0) is 24.5. The van der Waals surface area contributed by atoms with Gasteiger partial charge in [0.2, 0.25) is 0 Å². The molecule has 0 heterocycles. The summed E-state index contributed by atoms with van der Waals surface area (Å²) < 4.78 is 25.3. The van der Waals surface area contributed by atoms with Gasteiger partial charge in [-0.3, -0.25) is 9.59 Å². The number of rotatable bonds is 8. The molecular weight excluding hydrogens is 505 g/mol. The largest absolute Gasteiger partial charge is 0.490 e. The first kappa shape index (κ1) is 24.9. The van der Waals surface area contributed by atoms with Gasteiger partial charge in [-0.05, 0) is 77.3 Å². The fourth-order valence-electron chi connectivity index (χ4n) is 2.84. The predicted octanol–water partition coefficient (Wildman–Crippen LogP) is 4.96. The normalized spacial score (nSPS) is 10.7. The topological polar surface area (TPSA) is 89.0 Å². The molecule has 2 amide bonds. The number of hydrogen-bond acceptors (Lipinski definition) is 5. The Balaban J connectivity index is 1.64. The molecule has 7 nitrogen and oxygen atoms in total. The first-order chi connectivity index (χ1) is 16.4. The Morgan fingerprint density at radius 1 is 1.03 bits per heavy atom. The van der Waals surface area contributed by atoms with Crippen LogP contribution in [0.2, 0.25) is 0 Å². The molecule has 0 atom stereocenters. The van der Waals surface area contributed by atoms with Crippen molar-refractivity contribution in [2.75, 3.05) is 11.9 Å². The molecule has 0 saturated heterocycles. The van der Waals surface area contributed by atoms with Gasteiger partial charge in [-0.1, -0.05) is 29.8 Å². The number of amides is 2. The van der Waals surface area contributed by atoms with E-state index in [1.54, 1.807) is 12.1 Å². The second-order valence-corrected chi connectivity index (χ2v) is 8.05. The van der Waals surface area contributed by atoms with Crippen LogP contribution in [0.25, 0.3) is 0 Å². The fourth-order valence-corrected chi connectivity index (χ4v) is 3.42. The number of hydrazone groups is 1. The summed E-state index contributed by atoms with van der Waals surface area (Å²) in [7, 11) is 0. The molecule has 0 bridgehead atoms. The Kier molecular flexibility index (Phi) is 8.75. The van der Waals surface area contributed by atoms with Crippen molar-refractivity contribution in [2.45, 2.75) is 20.5 Å². The lowest BCUT2D eigenvalue weighted by molar-refractivity contribution is -0.136. The number of ether oxygens (including phenoxy) is 2. The van der Waals surface area contributed by atoms with Gasteiger partial charge in [-0.15, -0.1) is 0 Å². The van der Waals surface area contributed by atoms with Crippen LogP contribution in [0.3, 0.4) is 0 Å². The van der Waals surface area contributed by atoms with E-state index in [-0.39, 0.29) is 5.69 Å². The van der Waals surface area contributed by atoms with Gasteiger partial charge in [0.25, 0.3) is 0 Å². The van der Waals surface area contributed by atoms with E-state index in [1.807, 2.05) is 38.1 Å². The van der Waals surface area contributed by atoms with Crippen LogP contribution in [-0.4, -0.2) is 24.6 Å². The van der Waals surface area contributed by atoms with Crippen molar-refractivity contribution >= 4 is 39.6 Å². The van der Waals surface area contributed by atoms with Crippen LogP contribution in [-0.2, 0) is 16.2 Å². The second-order valence-electron chi connectivity index (χ2n) is 7.20. The minimum atomic E-state index is -0.970. The van der Waals surface area contributed by atoms with Gasteiger partial charge >= 0.3 is 11.8 Å². The monoisotopic (exact) mass is 527 g/mol. The smallest absolute Gasteiger partial charge is 0.329 e. The third-order valence-corrected chi connectivity index (χ3v) is 5.11. The molecule has 0 saturated carbocycles. The van der Waals surface area contributed by atoms with E-state index in [2.05, 4.69) is 31.8 Å². The molecule has 3 aromatic carbocycles. The molecule has 0 aliphatic heterocycles. The van der Waals surface area contributed by atoms with Crippen molar-refractivity contribution in [3.05, 3.63) is 87.6 Å². The standard InChI is InChI=1S/C25H23BrFN3O4/c1-3-33-22-13-18(12-21(26)23(22)34-15-17-6-4-16(2)5-7-17)14-28-30-25(32)24(31)29-20-10-8-19(27)9-11-20/h4-14H,3,15H2,1-2H3,(H,29,31)(H,30,32)/b28-14+. The quantitative estimate of drug-likeness (QED) is 0.246. The highest BCUT2D eigenvalue weighted by Crippen LogP contribution is 2.37. The van der Waals surface area contributed by atoms with E-state index in [0.717, 1.165) is 5.56 Å². The van der Waals surface area contributed by atoms with Crippen LogP contribution >= 0.6 is 15.9 Å². The molecule has 0 unspecified atom stereocenters. The maximum atomic E-state index is 12.9. The van der Waals surface area contributed by atoms with Crippen LogP contribution in [0.1, 0.15) is 23.6 Å². The first-order valence-corrected chi connectivity index (χ1v) is 11.2. The van der Waals surface area contributed by atoms with Crippen LogP contribution in [0.4, 0.5) is 10.1 Å². The number of halogens is 2. The molecule has 0 aliphatic rings. The Morgan fingerprint density at radius 2 is 1.74 bits per heavy atom. The Morgan fingerprint density at radius 3 is 2.41 bits per heavy atom. The van der Waals surface area contributed by atoms with Crippen LogP contribution in [0.15, 0.2) is 70.2 Å². The molecule has 2 N–H and O–H groups in total. The zero-order valence-corrected chi connectivity index (χ0v) is 20.2. The lowest BCUT2D eigenvalue weighted by atomic mass is 10.2. The number of hydrogen-bond donors (Lipinski definition) is 2. The molecule has 0 radical (unpaired) electrons. The third kappa shape index (κ3) is 7.14. The van der Waals surface area contributed by atoms with Crippen molar-refractivity contribution in [2.24, 2.45) is 5.10 Å². The summed E-state index contributed by atoms with van der Waals surface area (Å²) in [4.78, 5) is 23.9. The highest BCUT2D eigenvalue weighted by atomic mass is 79.9. The lowest BCUT2D eigenvalue weighted by Gasteiger charge is -2.15. The lowest BCUT2D eigenvalue weighted by Crippen LogP contribution is -2.32. The van der Waals surface area contributed by atoms with E-state index in [0.29, 0.717) is 34.7 Å². The summed E-state index contributed by atoms with van der Waals surface area (Å²) in [6, 6.07) is 16.5. The molecule has 3 aromatic rings. The van der Waals surface area contributed by atoms with E-state index in [9.17, 15) is 14.0 Å². The minimum Gasteiger partial charge on any atom is -0.490 e. The van der Waals surface area contributed by atoms with E-state index >= 15 is 0 Å².